The van der Waals surface area contributed by atoms with E-state index in [2.05, 4.69) is 23.8 Å². The first-order chi connectivity index (χ1) is 16.5. The summed E-state index contributed by atoms with van der Waals surface area (Å²) in [6.45, 7) is 5.00. The van der Waals surface area contributed by atoms with Crippen LogP contribution in [0.5, 0.6) is 5.75 Å². The molecule has 0 bridgehead atoms. The van der Waals surface area contributed by atoms with E-state index in [4.69, 9.17) is 4.74 Å². The SMILES string of the molecule is CC(C)CCOc1cccc(C2/C(=C(\O)c3ccncc3)C(=O)C(=O)N2Cc2cccnc2)c1. The number of carbonyl (C=O) groups is 2. The van der Waals surface area contributed by atoms with Crippen molar-refractivity contribution < 1.29 is 19.4 Å². The monoisotopic (exact) mass is 457 g/mol. The molecule has 0 aliphatic carbocycles. The van der Waals surface area contributed by atoms with Crippen LogP contribution >= 0.6 is 0 Å². The number of rotatable bonds is 8. The van der Waals surface area contributed by atoms with Gasteiger partial charge >= 0.3 is 0 Å². The second-order valence-corrected chi connectivity index (χ2v) is 8.63. The third-order valence-electron chi connectivity index (χ3n) is 5.71. The minimum atomic E-state index is -0.776. The van der Waals surface area contributed by atoms with Gasteiger partial charge in [0.1, 0.15) is 11.5 Å². The van der Waals surface area contributed by atoms with Crippen molar-refractivity contribution in [3.8, 4) is 5.75 Å². The lowest BCUT2D eigenvalue weighted by Crippen LogP contribution is -2.29. The van der Waals surface area contributed by atoms with Crippen molar-refractivity contribution in [2.75, 3.05) is 6.61 Å². The van der Waals surface area contributed by atoms with Crippen LogP contribution in [-0.4, -0.2) is 38.3 Å². The molecule has 1 unspecified atom stereocenters. The zero-order valence-corrected chi connectivity index (χ0v) is 19.2. The zero-order chi connectivity index (χ0) is 24.1. The van der Waals surface area contributed by atoms with Crippen LogP contribution in [0.2, 0.25) is 0 Å². The van der Waals surface area contributed by atoms with Crippen molar-refractivity contribution in [2.24, 2.45) is 5.92 Å². The van der Waals surface area contributed by atoms with Gasteiger partial charge in [0.25, 0.3) is 11.7 Å². The standard InChI is InChI=1S/C27H27N3O4/c1-18(2)10-14-34-22-7-3-6-21(15-22)24-23(25(31)20-8-12-28-13-9-20)26(32)27(33)30(24)17-19-5-4-11-29-16-19/h3-9,11-13,15-16,18,24,31H,10,14,17H2,1-2H3/b25-23+. The number of ketones is 1. The number of benzene rings is 1. The van der Waals surface area contributed by atoms with Gasteiger partial charge in [-0.1, -0.05) is 32.0 Å². The molecule has 3 aromatic rings. The van der Waals surface area contributed by atoms with E-state index < -0.39 is 17.7 Å². The number of hydrogen-bond donors (Lipinski definition) is 1. The topological polar surface area (TPSA) is 92.6 Å². The van der Waals surface area contributed by atoms with Crippen LogP contribution in [0.3, 0.4) is 0 Å². The third-order valence-corrected chi connectivity index (χ3v) is 5.71. The number of likely N-dealkylation sites (tertiary alicyclic amines) is 1. The number of Topliss-reactive ketones (excluding diaryl/α,β-unsaturated/α-hetero) is 1. The highest BCUT2D eigenvalue weighted by Crippen LogP contribution is 2.41. The smallest absolute Gasteiger partial charge is 0.295 e. The Morgan fingerprint density at radius 3 is 2.56 bits per heavy atom. The molecule has 7 nitrogen and oxygen atoms in total. The average molecular weight is 458 g/mol. The van der Waals surface area contributed by atoms with E-state index in [0.29, 0.717) is 29.4 Å². The summed E-state index contributed by atoms with van der Waals surface area (Å²) in [5, 5.41) is 11.1. The van der Waals surface area contributed by atoms with E-state index in [1.54, 1.807) is 30.6 Å². The fraction of sp³-hybridized carbons (Fsp3) is 0.259. The molecule has 7 heteroatoms. The number of amides is 1. The van der Waals surface area contributed by atoms with Crippen molar-refractivity contribution in [1.29, 1.82) is 0 Å². The van der Waals surface area contributed by atoms with Crippen LogP contribution in [0.4, 0.5) is 0 Å². The highest BCUT2D eigenvalue weighted by molar-refractivity contribution is 6.46. The van der Waals surface area contributed by atoms with E-state index in [0.717, 1.165) is 12.0 Å². The summed E-state index contributed by atoms with van der Waals surface area (Å²) in [4.78, 5) is 35.9. The summed E-state index contributed by atoms with van der Waals surface area (Å²) in [7, 11) is 0. The van der Waals surface area contributed by atoms with E-state index >= 15 is 0 Å². The number of aliphatic hydroxyl groups is 1. The molecule has 0 saturated carbocycles. The Hall–Kier alpha value is -4.00. The lowest BCUT2D eigenvalue weighted by Gasteiger charge is -2.25. The Morgan fingerprint density at radius 2 is 1.85 bits per heavy atom. The number of aromatic nitrogens is 2. The summed E-state index contributed by atoms with van der Waals surface area (Å²) in [6, 6.07) is 13.4. The van der Waals surface area contributed by atoms with Crippen LogP contribution in [0, 0.1) is 5.92 Å². The van der Waals surface area contributed by atoms with Crippen LogP contribution < -0.4 is 4.74 Å². The van der Waals surface area contributed by atoms with E-state index in [1.807, 2.05) is 30.3 Å². The first-order valence-corrected chi connectivity index (χ1v) is 11.3. The van der Waals surface area contributed by atoms with Crippen LogP contribution in [-0.2, 0) is 16.1 Å². The lowest BCUT2D eigenvalue weighted by molar-refractivity contribution is -0.140. The molecular weight excluding hydrogens is 430 g/mol. The predicted octanol–water partition coefficient (Wildman–Crippen LogP) is 4.52. The first kappa shape index (κ1) is 23.2. The minimum absolute atomic E-state index is 0.0411. The summed E-state index contributed by atoms with van der Waals surface area (Å²) in [6.07, 6.45) is 7.27. The van der Waals surface area contributed by atoms with E-state index in [-0.39, 0.29) is 17.9 Å². The van der Waals surface area contributed by atoms with Gasteiger partial charge in [0.2, 0.25) is 0 Å². The maximum absolute atomic E-state index is 13.2. The molecule has 0 spiro atoms. The van der Waals surface area contributed by atoms with Crippen LogP contribution in [0.1, 0.15) is 43.0 Å². The number of carbonyl (C=O) groups excluding carboxylic acids is 2. The maximum atomic E-state index is 13.2. The molecule has 1 aliphatic heterocycles. The Labute approximate surface area is 198 Å². The van der Waals surface area contributed by atoms with Crippen LogP contribution in [0.15, 0.2) is 78.9 Å². The minimum Gasteiger partial charge on any atom is -0.507 e. The molecule has 2 aromatic heterocycles. The lowest BCUT2D eigenvalue weighted by atomic mass is 9.95. The number of ether oxygens (including phenoxy) is 1. The molecule has 1 atom stereocenters. The van der Waals surface area contributed by atoms with Crippen molar-refractivity contribution in [1.82, 2.24) is 14.9 Å². The molecule has 1 aliphatic rings. The molecule has 4 rings (SSSR count). The van der Waals surface area contributed by atoms with Gasteiger partial charge in [-0.25, -0.2) is 0 Å². The van der Waals surface area contributed by atoms with Gasteiger partial charge in [0, 0.05) is 36.9 Å². The number of hydrogen-bond acceptors (Lipinski definition) is 6. The van der Waals surface area contributed by atoms with Gasteiger partial charge in [-0.15, -0.1) is 0 Å². The molecule has 3 heterocycles. The first-order valence-electron chi connectivity index (χ1n) is 11.3. The Balaban J connectivity index is 1.77. The molecule has 174 valence electrons. The largest absolute Gasteiger partial charge is 0.507 e. The van der Waals surface area contributed by atoms with Gasteiger partial charge < -0.3 is 14.7 Å². The Morgan fingerprint density at radius 1 is 1.06 bits per heavy atom. The molecule has 34 heavy (non-hydrogen) atoms. The van der Waals surface area contributed by atoms with Gasteiger partial charge in [-0.05, 0) is 53.8 Å². The van der Waals surface area contributed by atoms with E-state index in [9.17, 15) is 14.7 Å². The molecule has 0 radical (unpaired) electrons. The quantitative estimate of drug-likeness (QED) is 0.304. The molecule has 1 amide bonds. The second-order valence-electron chi connectivity index (χ2n) is 8.63. The summed E-state index contributed by atoms with van der Waals surface area (Å²) < 4.78 is 5.92. The molecule has 1 fully saturated rings. The van der Waals surface area contributed by atoms with Gasteiger partial charge in [-0.3, -0.25) is 19.6 Å². The molecule has 1 saturated heterocycles. The number of pyridine rings is 2. The van der Waals surface area contributed by atoms with Gasteiger partial charge in [0.05, 0.1) is 18.2 Å². The van der Waals surface area contributed by atoms with Crippen molar-refractivity contribution in [2.45, 2.75) is 32.9 Å². The third kappa shape index (κ3) is 4.98. The fourth-order valence-electron chi connectivity index (χ4n) is 3.93. The second kappa shape index (κ2) is 10.3. The highest BCUT2D eigenvalue weighted by atomic mass is 16.5. The number of nitrogens with zero attached hydrogens (tertiary/aromatic N) is 3. The predicted molar refractivity (Wildman–Crippen MR) is 128 cm³/mol. The summed E-state index contributed by atoms with van der Waals surface area (Å²) in [5.41, 5.74) is 1.92. The van der Waals surface area contributed by atoms with Crippen molar-refractivity contribution in [3.63, 3.8) is 0 Å². The molecular formula is C27H27N3O4. The Kier molecular flexibility index (Phi) is 7.01. The summed E-state index contributed by atoms with van der Waals surface area (Å²) in [5.74, 6) is -0.473. The van der Waals surface area contributed by atoms with E-state index in [1.165, 1.54) is 17.3 Å². The van der Waals surface area contributed by atoms with Crippen molar-refractivity contribution >= 4 is 17.4 Å². The molecule has 1 N–H and O–H groups in total. The average Bonchev–Trinajstić information content (AvgIpc) is 3.10. The van der Waals surface area contributed by atoms with Crippen molar-refractivity contribution in [3.05, 3.63) is 95.6 Å². The zero-order valence-electron chi connectivity index (χ0n) is 19.2. The van der Waals surface area contributed by atoms with Crippen LogP contribution in [0.25, 0.3) is 5.76 Å². The summed E-state index contributed by atoms with van der Waals surface area (Å²) >= 11 is 0. The highest BCUT2D eigenvalue weighted by Gasteiger charge is 2.46. The maximum Gasteiger partial charge on any atom is 0.295 e. The fourth-order valence-corrected chi connectivity index (χ4v) is 3.93. The number of aliphatic hydroxyl groups excluding tert-OH is 1. The normalized spacial score (nSPS) is 17.4. The van der Waals surface area contributed by atoms with Gasteiger partial charge in [0.15, 0.2) is 0 Å². The van der Waals surface area contributed by atoms with Gasteiger partial charge in [-0.2, -0.15) is 0 Å². The Bertz CT molecular complexity index is 1190. The molecule has 1 aromatic carbocycles.